The number of rotatable bonds is 9. The van der Waals surface area contributed by atoms with Crippen molar-refractivity contribution < 1.29 is 18.7 Å². The van der Waals surface area contributed by atoms with E-state index in [0.717, 1.165) is 0 Å². The van der Waals surface area contributed by atoms with Gasteiger partial charge in [0.05, 0.1) is 19.1 Å². The Morgan fingerprint density at radius 3 is 2.63 bits per heavy atom. The molecule has 0 bridgehead atoms. The normalized spacial score (nSPS) is 10.7. The van der Waals surface area contributed by atoms with Crippen LogP contribution in [-0.2, 0) is 11.3 Å². The number of nitrogens with zero attached hydrogens (tertiary/aromatic N) is 3. The van der Waals surface area contributed by atoms with Crippen molar-refractivity contribution in [3.63, 3.8) is 0 Å². The number of benzene rings is 1. The van der Waals surface area contributed by atoms with Gasteiger partial charge < -0.3 is 14.9 Å². The third kappa shape index (κ3) is 4.56. The second-order valence-electron chi connectivity index (χ2n) is 5.59. The molecule has 0 spiro atoms. The predicted molar refractivity (Wildman–Crippen MR) is 99.6 cm³/mol. The summed E-state index contributed by atoms with van der Waals surface area (Å²) in [5.41, 5.74) is 5.84. The summed E-state index contributed by atoms with van der Waals surface area (Å²) in [6.45, 7) is 0.303. The van der Waals surface area contributed by atoms with Gasteiger partial charge in [-0.15, -0.1) is 10.2 Å². The third-order valence-corrected chi connectivity index (χ3v) is 4.75. The van der Waals surface area contributed by atoms with Gasteiger partial charge in [-0.3, -0.25) is 14.2 Å². The summed E-state index contributed by atoms with van der Waals surface area (Å²) in [4.78, 5) is 23.6. The van der Waals surface area contributed by atoms with Crippen LogP contribution in [0.5, 0.6) is 5.75 Å². The first-order valence-corrected chi connectivity index (χ1v) is 9.12. The van der Waals surface area contributed by atoms with E-state index >= 15 is 0 Å². The Morgan fingerprint density at radius 2 is 2.00 bits per heavy atom. The minimum atomic E-state index is -0.431. The number of nitrogens with two attached hydrogens (primary N) is 1. The van der Waals surface area contributed by atoms with Gasteiger partial charge in [0.2, 0.25) is 5.91 Å². The molecule has 140 valence electrons. The first-order chi connectivity index (χ1) is 13.1. The molecule has 9 heteroatoms. The minimum absolute atomic E-state index is 0.0494. The van der Waals surface area contributed by atoms with Gasteiger partial charge in [0, 0.05) is 18.5 Å². The number of ether oxygens (including phenoxy) is 1. The number of hydrogen-bond donors (Lipinski definition) is 1. The topological polar surface area (TPSA) is 113 Å². The lowest BCUT2D eigenvalue weighted by Gasteiger charge is -2.08. The molecule has 2 aromatic heterocycles. The molecule has 0 radical (unpaired) electrons. The Morgan fingerprint density at radius 1 is 1.22 bits per heavy atom. The molecule has 2 N–H and O–H groups in total. The summed E-state index contributed by atoms with van der Waals surface area (Å²) < 4.78 is 12.2. The van der Waals surface area contributed by atoms with Crippen molar-refractivity contribution in [3.8, 4) is 17.3 Å². The van der Waals surface area contributed by atoms with Gasteiger partial charge in [0.15, 0.2) is 22.5 Å². The van der Waals surface area contributed by atoms with Crippen LogP contribution in [0.1, 0.15) is 16.8 Å². The van der Waals surface area contributed by atoms with Crippen molar-refractivity contribution in [2.24, 2.45) is 5.73 Å². The van der Waals surface area contributed by atoms with E-state index in [0.29, 0.717) is 34.6 Å². The lowest BCUT2D eigenvalue weighted by molar-refractivity contribution is -0.118. The van der Waals surface area contributed by atoms with Gasteiger partial charge in [-0.05, 0) is 36.4 Å². The highest BCUT2D eigenvalue weighted by atomic mass is 32.2. The number of furan rings is 1. The molecule has 27 heavy (non-hydrogen) atoms. The van der Waals surface area contributed by atoms with E-state index in [1.54, 1.807) is 48.1 Å². The Labute approximate surface area is 159 Å². The largest absolute Gasteiger partial charge is 0.497 e. The van der Waals surface area contributed by atoms with E-state index in [9.17, 15) is 9.59 Å². The highest BCUT2D eigenvalue weighted by molar-refractivity contribution is 7.99. The lowest BCUT2D eigenvalue weighted by atomic mass is 10.1. The van der Waals surface area contributed by atoms with Crippen molar-refractivity contribution in [2.45, 2.75) is 18.1 Å². The SMILES string of the molecule is COc1ccc(C(=O)CSc2nnc(-c3ccco3)n2CCC(N)=O)cc1. The number of Topliss-reactive ketones (excluding diaryl/α,β-unsaturated/α-hetero) is 1. The number of hydrogen-bond acceptors (Lipinski definition) is 7. The molecule has 0 fully saturated rings. The zero-order valence-corrected chi connectivity index (χ0v) is 15.4. The molecule has 8 nitrogen and oxygen atoms in total. The zero-order valence-electron chi connectivity index (χ0n) is 14.6. The Kier molecular flexibility index (Phi) is 5.92. The number of amides is 1. The summed E-state index contributed by atoms with van der Waals surface area (Å²) in [6.07, 6.45) is 1.66. The van der Waals surface area contributed by atoms with E-state index in [1.165, 1.54) is 18.0 Å². The maximum atomic E-state index is 12.4. The van der Waals surface area contributed by atoms with E-state index in [1.807, 2.05) is 0 Å². The van der Waals surface area contributed by atoms with Gasteiger partial charge in [-0.25, -0.2) is 0 Å². The molecule has 0 saturated carbocycles. The molecule has 2 heterocycles. The maximum absolute atomic E-state index is 12.4. The number of thioether (sulfide) groups is 1. The number of ketones is 1. The summed E-state index contributed by atoms with van der Waals surface area (Å²) in [5.74, 6) is 1.40. The highest BCUT2D eigenvalue weighted by Crippen LogP contribution is 2.25. The predicted octanol–water partition coefficient (Wildman–Crippen LogP) is 2.40. The number of methoxy groups -OCH3 is 1. The first-order valence-electron chi connectivity index (χ1n) is 8.14. The van der Waals surface area contributed by atoms with Gasteiger partial charge in [-0.1, -0.05) is 11.8 Å². The molecule has 1 amide bonds. The van der Waals surface area contributed by atoms with E-state index in [2.05, 4.69) is 10.2 Å². The number of carbonyl (C=O) groups excluding carboxylic acids is 2. The smallest absolute Gasteiger partial charge is 0.219 e. The van der Waals surface area contributed by atoms with Crippen LogP contribution in [0.3, 0.4) is 0 Å². The second kappa shape index (κ2) is 8.54. The second-order valence-corrected chi connectivity index (χ2v) is 6.53. The average Bonchev–Trinajstić information content (AvgIpc) is 3.33. The minimum Gasteiger partial charge on any atom is -0.497 e. The molecule has 3 aromatic rings. The molecule has 1 aromatic carbocycles. The van der Waals surface area contributed by atoms with Crippen LogP contribution in [0.15, 0.2) is 52.2 Å². The quantitative estimate of drug-likeness (QED) is 0.444. The number of aromatic nitrogens is 3. The molecule has 0 unspecified atom stereocenters. The van der Waals surface area contributed by atoms with Crippen LogP contribution in [0, 0.1) is 0 Å². The molecule has 0 aliphatic rings. The third-order valence-electron chi connectivity index (χ3n) is 3.78. The number of primary amides is 1. The molecule has 0 atom stereocenters. The van der Waals surface area contributed by atoms with Gasteiger partial charge in [0.1, 0.15) is 5.75 Å². The number of carbonyl (C=O) groups is 2. The lowest BCUT2D eigenvalue weighted by Crippen LogP contribution is -2.15. The van der Waals surface area contributed by atoms with Crippen molar-refractivity contribution >= 4 is 23.5 Å². The molecule has 0 aliphatic carbocycles. The maximum Gasteiger partial charge on any atom is 0.219 e. The van der Waals surface area contributed by atoms with Crippen LogP contribution in [0.2, 0.25) is 0 Å². The molecular formula is C18H18N4O4S. The first kappa shape index (κ1) is 18.7. The van der Waals surface area contributed by atoms with E-state index in [4.69, 9.17) is 14.9 Å². The van der Waals surface area contributed by atoms with Gasteiger partial charge in [0.25, 0.3) is 0 Å². The zero-order chi connectivity index (χ0) is 19.2. The van der Waals surface area contributed by atoms with E-state index < -0.39 is 5.91 Å². The Balaban J connectivity index is 1.75. The van der Waals surface area contributed by atoms with Crippen LogP contribution in [0.4, 0.5) is 0 Å². The highest BCUT2D eigenvalue weighted by Gasteiger charge is 2.18. The fourth-order valence-corrected chi connectivity index (χ4v) is 3.26. The van der Waals surface area contributed by atoms with Gasteiger partial charge >= 0.3 is 0 Å². The molecule has 0 saturated heterocycles. The fraction of sp³-hybridized carbons (Fsp3) is 0.222. The standard InChI is InChI=1S/C18H18N4O4S/c1-25-13-6-4-12(5-7-13)14(23)11-27-18-21-20-17(15-3-2-10-26-15)22(18)9-8-16(19)24/h2-7,10H,8-9,11H2,1H3,(H2,19,24). The molecule has 3 rings (SSSR count). The molecule has 0 aliphatic heterocycles. The van der Waals surface area contributed by atoms with Gasteiger partial charge in [-0.2, -0.15) is 0 Å². The monoisotopic (exact) mass is 386 g/mol. The summed E-state index contributed by atoms with van der Waals surface area (Å²) in [7, 11) is 1.57. The van der Waals surface area contributed by atoms with Crippen molar-refractivity contribution in [3.05, 3.63) is 48.2 Å². The summed E-state index contributed by atoms with van der Waals surface area (Å²) >= 11 is 1.24. The van der Waals surface area contributed by atoms with Crippen molar-refractivity contribution in [1.82, 2.24) is 14.8 Å². The summed E-state index contributed by atoms with van der Waals surface area (Å²) in [6, 6.07) is 10.4. The van der Waals surface area contributed by atoms with Crippen LogP contribution in [-0.4, -0.2) is 39.3 Å². The fourth-order valence-electron chi connectivity index (χ4n) is 2.40. The van der Waals surface area contributed by atoms with Crippen LogP contribution >= 0.6 is 11.8 Å². The molecular weight excluding hydrogens is 368 g/mol. The average molecular weight is 386 g/mol. The Hall–Kier alpha value is -3.07. The van der Waals surface area contributed by atoms with E-state index in [-0.39, 0.29) is 18.0 Å². The van der Waals surface area contributed by atoms with Crippen molar-refractivity contribution in [2.75, 3.05) is 12.9 Å². The van der Waals surface area contributed by atoms with Crippen molar-refractivity contribution in [1.29, 1.82) is 0 Å². The Bertz CT molecular complexity index is 920. The van der Waals surface area contributed by atoms with Crippen LogP contribution in [0.25, 0.3) is 11.6 Å². The van der Waals surface area contributed by atoms with Crippen LogP contribution < -0.4 is 10.5 Å². The summed E-state index contributed by atoms with van der Waals surface area (Å²) in [5, 5.41) is 8.78.